The molecule has 2 unspecified atom stereocenters. The third kappa shape index (κ3) is 6.35. The number of piperazine rings is 1. The lowest BCUT2D eigenvalue weighted by Crippen LogP contribution is -2.46. The monoisotopic (exact) mass is 642 g/mol. The van der Waals surface area contributed by atoms with Crippen LogP contribution in [0.25, 0.3) is 5.69 Å². The first-order chi connectivity index (χ1) is 22.9. The number of benzene rings is 3. The van der Waals surface area contributed by atoms with Crippen molar-refractivity contribution in [2.45, 2.75) is 32.0 Å². The second-order valence-corrected chi connectivity index (χ2v) is 12.0. The minimum absolute atomic E-state index is 0.000185. The van der Waals surface area contributed by atoms with Crippen molar-refractivity contribution in [1.29, 1.82) is 0 Å². The van der Waals surface area contributed by atoms with Gasteiger partial charge in [0.25, 0.3) is 0 Å². The minimum Gasteiger partial charge on any atom is -0.493 e. The zero-order valence-electron chi connectivity index (χ0n) is 26.1. The van der Waals surface area contributed by atoms with Gasteiger partial charge >= 0.3 is 5.69 Å². The van der Waals surface area contributed by atoms with E-state index in [1.54, 1.807) is 21.9 Å². The van der Waals surface area contributed by atoms with E-state index in [9.17, 15) is 13.6 Å². The van der Waals surface area contributed by atoms with Gasteiger partial charge in [-0.25, -0.2) is 32.5 Å². The van der Waals surface area contributed by atoms with Crippen molar-refractivity contribution in [3.63, 3.8) is 0 Å². The highest BCUT2D eigenvalue weighted by molar-refractivity contribution is 5.54. The van der Waals surface area contributed by atoms with Crippen molar-refractivity contribution in [2.24, 2.45) is 5.92 Å². The summed E-state index contributed by atoms with van der Waals surface area (Å²) < 4.78 is 45.6. The van der Waals surface area contributed by atoms with Crippen LogP contribution in [0.1, 0.15) is 18.9 Å². The van der Waals surface area contributed by atoms with Gasteiger partial charge < -0.3 is 19.3 Å². The summed E-state index contributed by atoms with van der Waals surface area (Å²) in [6.07, 6.45) is 5.03. The van der Waals surface area contributed by atoms with E-state index in [2.05, 4.69) is 49.2 Å². The van der Waals surface area contributed by atoms with Crippen LogP contribution >= 0.6 is 0 Å². The average molecular weight is 643 g/mol. The van der Waals surface area contributed by atoms with Crippen LogP contribution in [0.4, 0.5) is 20.2 Å². The summed E-state index contributed by atoms with van der Waals surface area (Å²) in [4.78, 5) is 21.1. The van der Waals surface area contributed by atoms with Crippen LogP contribution < -0.4 is 20.2 Å². The molecule has 2 aromatic heterocycles. The first-order valence-electron chi connectivity index (χ1n) is 15.8. The fraction of sp³-hybridized carbons (Fsp3) is 0.353. The number of anilines is 2. The molecule has 0 aliphatic carbocycles. The van der Waals surface area contributed by atoms with Gasteiger partial charge in [-0.05, 0) is 67.9 Å². The molecule has 0 radical (unpaired) electrons. The maximum Gasteiger partial charge on any atom is 0.350 e. The molecule has 2 atom stereocenters. The van der Waals surface area contributed by atoms with Crippen LogP contribution in [0.2, 0.25) is 0 Å². The van der Waals surface area contributed by atoms with Gasteiger partial charge in [-0.1, -0.05) is 6.07 Å². The molecule has 4 heterocycles. The molecule has 2 aliphatic rings. The van der Waals surface area contributed by atoms with Gasteiger partial charge in [0.05, 0.1) is 25.4 Å². The predicted octanol–water partition coefficient (Wildman–Crippen LogP) is 4.26. The summed E-state index contributed by atoms with van der Waals surface area (Å²) in [6, 6.07) is 19.7. The van der Waals surface area contributed by atoms with E-state index in [0.29, 0.717) is 31.7 Å². The minimum atomic E-state index is -1.01. The molecule has 0 spiro atoms. The van der Waals surface area contributed by atoms with Crippen molar-refractivity contribution in [1.82, 2.24) is 29.1 Å². The number of hydrogen-bond acceptors (Lipinski definition) is 8. The molecule has 3 aromatic carbocycles. The summed E-state index contributed by atoms with van der Waals surface area (Å²) in [5.41, 5.74) is 2.20. The van der Waals surface area contributed by atoms with Crippen LogP contribution in [0.3, 0.4) is 0 Å². The second kappa shape index (κ2) is 13.0. The molecule has 13 heteroatoms. The predicted molar refractivity (Wildman–Crippen MR) is 172 cm³/mol. The fourth-order valence-corrected chi connectivity index (χ4v) is 6.53. The Morgan fingerprint density at radius 3 is 2.19 bits per heavy atom. The highest BCUT2D eigenvalue weighted by Gasteiger charge is 2.44. The number of aryl methyl sites for hydroxylation is 1. The molecular weight excluding hydrogens is 606 g/mol. The van der Waals surface area contributed by atoms with Crippen molar-refractivity contribution < 1.29 is 18.3 Å². The molecule has 244 valence electrons. The van der Waals surface area contributed by atoms with Crippen molar-refractivity contribution in [3.8, 4) is 11.4 Å². The Hall–Kier alpha value is -5.04. The number of halogens is 2. The summed E-state index contributed by atoms with van der Waals surface area (Å²) in [5, 5.41) is 8.32. The van der Waals surface area contributed by atoms with E-state index in [1.165, 1.54) is 23.1 Å². The van der Waals surface area contributed by atoms with Crippen LogP contribution in [0.15, 0.2) is 90.5 Å². The average Bonchev–Trinajstić information content (AvgIpc) is 3.85. The molecule has 47 heavy (non-hydrogen) atoms. The Labute approximate surface area is 270 Å². The second-order valence-electron chi connectivity index (χ2n) is 12.0. The standard InChI is InChI=1S/C34H36F2N8O3/c1-2-44-33(45)43(24-39-44)29-6-4-27(5-7-29)40-13-15-41(16-14-40)28-8-10-30(11-9-28)46-19-25-18-34(47-20-25,21-42-23-37-22-38-42)31-12-3-26(35)17-32(31)36/h3-12,17,22-25H,2,13-16,18-21H2,1H3. The lowest BCUT2D eigenvalue weighted by atomic mass is 9.87. The Kier molecular flexibility index (Phi) is 8.46. The summed E-state index contributed by atoms with van der Waals surface area (Å²) in [6.45, 7) is 6.95. The first-order valence-corrected chi connectivity index (χ1v) is 15.8. The van der Waals surface area contributed by atoms with E-state index >= 15 is 0 Å². The molecule has 11 nitrogen and oxygen atoms in total. The van der Waals surface area contributed by atoms with Gasteiger partial charge in [-0.2, -0.15) is 10.2 Å². The third-order valence-corrected chi connectivity index (χ3v) is 9.01. The van der Waals surface area contributed by atoms with Crippen LogP contribution in [0.5, 0.6) is 5.75 Å². The topological polar surface area (TPSA) is 95.5 Å². The molecular formula is C34H36F2N8O3. The van der Waals surface area contributed by atoms with E-state index in [-0.39, 0.29) is 18.2 Å². The molecule has 5 aromatic rings. The van der Waals surface area contributed by atoms with E-state index in [1.807, 2.05) is 31.2 Å². The number of rotatable bonds is 10. The van der Waals surface area contributed by atoms with Gasteiger partial charge in [-0.3, -0.25) is 0 Å². The van der Waals surface area contributed by atoms with Gasteiger partial charge in [0.2, 0.25) is 0 Å². The third-order valence-electron chi connectivity index (χ3n) is 9.01. The Balaban J connectivity index is 0.931. The highest BCUT2D eigenvalue weighted by atomic mass is 19.1. The van der Waals surface area contributed by atoms with Gasteiger partial charge in [0.15, 0.2) is 0 Å². The molecule has 2 fully saturated rings. The Bertz CT molecular complexity index is 1850. The number of aromatic nitrogens is 6. The quantitative estimate of drug-likeness (QED) is 0.223. The van der Waals surface area contributed by atoms with E-state index in [0.717, 1.165) is 55.1 Å². The van der Waals surface area contributed by atoms with Gasteiger partial charge in [-0.15, -0.1) is 0 Å². The lowest BCUT2D eigenvalue weighted by Gasteiger charge is -2.37. The lowest BCUT2D eigenvalue weighted by molar-refractivity contribution is -0.0206. The Morgan fingerprint density at radius 1 is 0.894 bits per heavy atom. The van der Waals surface area contributed by atoms with Gasteiger partial charge in [0, 0.05) is 61.6 Å². The van der Waals surface area contributed by atoms with Crippen molar-refractivity contribution in [2.75, 3.05) is 49.2 Å². The van der Waals surface area contributed by atoms with Crippen molar-refractivity contribution >= 4 is 11.4 Å². The van der Waals surface area contributed by atoms with E-state index < -0.39 is 17.2 Å². The van der Waals surface area contributed by atoms with Crippen molar-refractivity contribution in [3.05, 3.63) is 113 Å². The SMILES string of the molecule is CCn1ncn(-c2ccc(N3CCN(c4ccc(OCC5COC(Cn6cncn6)(c6ccc(F)cc6F)C5)cc4)CC3)cc2)c1=O. The normalized spacial score (nSPS) is 19.8. The van der Waals surface area contributed by atoms with Gasteiger partial charge in [0.1, 0.15) is 42.0 Å². The zero-order valence-corrected chi connectivity index (χ0v) is 26.1. The molecule has 0 bridgehead atoms. The summed E-state index contributed by atoms with van der Waals surface area (Å²) >= 11 is 0. The zero-order chi connectivity index (χ0) is 32.4. The molecule has 0 amide bonds. The summed E-state index contributed by atoms with van der Waals surface area (Å²) in [7, 11) is 0. The smallest absolute Gasteiger partial charge is 0.350 e. The largest absolute Gasteiger partial charge is 0.493 e. The van der Waals surface area contributed by atoms with Crippen LogP contribution in [-0.2, 0) is 23.4 Å². The number of ether oxygens (including phenoxy) is 2. The molecule has 0 saturated carbocycles. The Morgan fingerprint density at radius 2 is 1.57 bits per heavy atom. The highest BCUT2D eigenvalue weighted by Crippen LogP contribution is 2.42. The molecule has 0 N–H and O–H groups in total. The number of hydrogen-bond donors (Lipinski definition) is 0. The summed E-state index contributed by atoms with van der Waals surface area (Å²) in [5.74, 6) is -0.527. The van der Waals surface area contributed by atoms with Crippen LogP contribution in [0, 0.1) is 17.6 Å². The molecule has 2 saturated heterocycles. The fourth-order valence-electron chi connectivity index (χ4n) is 6.53. The maximum atomic E-state index is 14.9. The first kappa shape index (κ1) is 30.6. The van der Waals surface area contributed by atoms with E-state index in [4.69, 9.17) is 9.47 Å². The van der Waals surface area contributed by atoms with Crippen LogP contribution in [-0.4, -0.2) is 68.5 Å². The maximum absolute atomic E-state index is 14.9. The molecule has 2 aliphatic heterocycles. The number of nitrogens with zero attached hydrogens (tertiary/aromatic N) is 8. The molecule has 7 rings (SSSR count).